The molecule has 150 valence electrons. The number of halogens is 1. The van der Waals surface area contributed by atoms with E-state index in [1.54, 1.807) is 47.6 Å². The number of nitrogens with zero attached hydrogens (tertiary/aromatic N) is 2. The third kappa shape index (κ3) is 3.38. The average molecular weight is 413 g/mol. The van der Waals surface area contributed by atoms with Crippen LogP contribution in [0.1, 0.15) is 42.9 Å². The number of aliphatic hydroxyl groups excluding tert-OH is 1. The van der Waals surface area contributed by atoms with E-state index in [1.807, 2.05) is 0 Å². The normalized spacial score (nSPS) is 21.7. The number of amides is 1. The Kier molecular flexibility index (Phi) is 5.28. The SMILES string of the molecule is COc1ccc(Cl)c(/C(O)=C2\C(=O)C(=O)N(C3CCCC3)C2c2ccncc2)c1. The van der Waals surface area contributed by atoms with Crippen molar-refractivity contribution in [3.63, 3.8) is 0 Å². The topological polar surface area (TPSA) is 79.7 Å². The van der Waals surface area contributed by atoms with Crippen LogP contribution in [0.25, 0.3) is 5.76 Å². The summed E-state index contributed by atoms with van der Waals surface area (Å²) in [6, 6.07) is 7.63. The summed E-state index contributed by atoms with van der Waals surface area (Å²) in [5, 5.41) is 11.4. The molecule has 0 radical (unpaired) electrons. The van der Waals surface area contributed by atoms with Gasteiger partial charge in [0.15, 0.2) is 0 Å². The first-order chi connectivity index (χ1) is 14.0. The van der Waals surface area contributed by atoms with Crippen molar-refractivity contribution >= 4 is 29.1 Å². The van der Waals surface area contributed by atoms with Crippen LogP contribution in [0.3, 0.4) is 0 Å². The first-order valence-electron chi connectivity index (χ1n) is 9.57. The predicted molar refractivity (Wildman–Crippen MR) is 109 cm³/mol. The third-order valence-electron chi connectivity index (χ3n) is 5.65. The molecule has 1 atom stereocenters. The molecule has 1 aromatic heterocycles. The number of aromatic nitrogens is 1. The number of methoxy groups -OCH3 is 1. The van der Waals surface area contributed by atoms with Crippen molar-refractivity contribution < 1.29 is 19.4 Å². The Hall–Kier alpha value is -2.86. The fraction of sp³-hybridized carbons (Fsp3) is 0.318. The zero-order valence-electron chi connectivity index (χ0n) is 16.0. The van der Waals surface area contributed by atoms with Crippen molar-refractivity contribution in [3.8, 4) is 5.75 Å². The highest BCUT2D eigenvalue weighted by Gasteiger charge is 2.49. The molecule has 2 fully saturated rings. The van der Waals surface area contributed by atoms with Crippen LogP contribution in [-0.2, 0) is 9.59 Å². The molecule has 1 amide bonds. The monoisotopic (exact) mass is 412 g/mol. The molecule has 4 rings (SSSR count). The summed E-state index contributed by atoms with van der Waals surface area (Å²) in [6.07, 6.45) is 6.94. The molecule has 1 unspecified atom stereocenters. The molecule has 1 N–H and O–H groups in total. The number of aliphatic hydroxyl groups is 1. The molecular formula is C22H21ClN2O4. The number of Topliss-reactive ketones (excluding diaryl/α,β-unsaturated/α-hetero) is 1. The highest BCUT2D eigenvalue weighted by atomic mass is 35.5. The van der Waals surface area contributed by atoms with Gasteiger partial charge in [0.05, 0.1) is 23.7 Å². The number of carbonyl (C=O) groups excluding carboxylic acids is 2. The zero-order valence-corrected chi connectivity index (χ0v) is 16.7. The Bertz CT molecular complexity index is 984. The third-order valence-corrected chi connectivity index (χ3v) is 5.98. The molecule has 1 saturated carbocycles. The highest BCUT2D eigenvalue weighted by molar-refractivity contribution is 6.47. The molecular weight excluding hydrogens is 392 g/mol. The number of carbonyl (C=O) groups is 2. The maximum atomic E-state index is 13.0. The van der Waals surface area contributed by atoms with Crippen LogP contribution in [0.15, 0.2) is 48.3 Å². The van der Waals surface area contributed by atoms with Crippen molar-refractivity contribution in [2.24, 2.45) is 0 Å². The lowest BCUT2D eigenvalue weighted by Crippen LogP contribution is -2.37. The van der Waals surface area contributed by atoms with Crippen LogP contribution in [0.4, 0.5) is 0 Å². The lowest BCUT2D eigenvalue weighted by Gasteiger charge is -2.30. The van der Waals surface area contributed by atoms with Crippen molar-refractivity contribution in [2.75, 3.05) is 7.11 Å². The van der Waals surface area contributed by atoms with Crippen LogP contribution in [0.2, 0.25) is 5.02 Å². The number of hydrogen-bond acceptors (Lipinski definition) is 5. The van der Waals surface area contributed by atoms with E-state index in [9.17, 15) is 14.7 Å². The number of rotatable bonds is 4. The van der Waals surface area contributed by atoms with E-state index < -0.39 is 17.7 Å². The van der Waals surface area contributed by atoms with Crippen LogP contribution >= 0.6 is 11.6 Å². The van der Waals surface area contributed by atoms with Crippen LogP contribution in [0, 0.1) is 0 Å². The summed E-state index contributed by atoms with van der Waals surface area (Å²) in [6.45, 7) is 0. The summed E-state index contributed by atoms with van der Waals surface area (Å²) in [4.78, 5) is 31.7. The van der Waals surface area contributed by atoms with Gasteiger partial charge in [-0.2, -0.15) is 0 Å². The second-order valence-electron chi connectivity index (χ2n) is 7.27. The van der Waals surface area contributed by atoms with Crippen LogP contribution in [-0.4, -0.2) is 39.8 Å². The van der Waals surface area contributed by atoms with Crippen molar-refractivity contribution in [3.05, 3.63) is 64.4 Å². The van der Waals surface area contributed by atoms with Crippen molar-refractivity contribution in [2.45, 2.75) is 37.8 Å². The molecule has 0 spiro atoms. The van der Waals surface area contributed by atoms with Crippen molar-refractivity contribution in [1.29, 1.82) is 0 Å². The molecule has 2 heterocycles. The van der Waals surface area contributed by atoms with Gasteiger partial charge in [0.2, 0.25) is 0 Å². The number of hydrogen-bond donors (Lipinski definition) is 1. The summed E-state index contributed by atoms with van der Waals surface area (Å²) < 4.78 is 5.22. The van der Waals surface area contributed by atoms with Gasteiger partial charge in [-0.1, -0.05) is 24.4 Å². The largest absolute Gasteiger partial charge is 0.507 e. The summed E-state index contributed by atoms with van der Waals surface area (Å²) >= 11 is 6.30. The Balaban J connectivity index is 1.91. The maximum Gasteiger partial charge on any atom is 0.295 e. The first-order valence-corrected chi connectivity index (χ1v) is 9.94. The van der Waals surface area contributed by atoms with Gasteiger partial charge < -0.3 is 14.7 Å². The van der Waals surface area contributed by atoms with Gasteiger partial charge in [-0.05, 0) is 48.7 Å². The zero-order chi connectivity index (χ0) is 20.5. The average Bonchev–Trinajstić information content (AvgIpc) is 3.35. The molecule has 1 aromatic carbocycles. The van der Waals surface area contributed by atoms with E-state index in [-0.39, 0.29) is 28.0 Å². The van der Waals surface area contributed by atoms with E-state index >= 15 is 0 Å². The summed E-state index contributed by atoms with van der Waals surface area (Å²) in [5.41, 5.74) is 1.03. The predicted octanol–water partition coefficient (Wildman–Crippen LogP) is 4.11. The maximum absolute atomic E-state index is 13.0. The molecule has 2 aliphatic rings. The molecule has 1 saturated heterocycles. The number of ether oxygens (including phenoxy) is 1. The Morgan fingerprint density at radius 2 is 1.86 bits per heavy atom. The lowest BCUT2D eigenvalue weighted by atomic mass is 9.95. The fourth-order valence-electron chi connectivity index (χ4n) is 4.24. The Labute approximate surface area is 173 Å². The molecule has 0 bridgehead atoms. The van der Waals surface area contributed by atoms with Crippen molar-refractivity contribution in [1.82, 2.24) is 9.88 Å². The molecule has 2 aromatic rings. The molecule has 1 aliphatic heterocycles. The van der Waals surface area contributed by atoms with Gasteiger partial charge in [-0.25, -0.2) is 0 Å². The summed E-state index contributed by atoms with van der Waals surface area (Å²) in [7, 11) is 1.50. The molecule has 1 aliphatic carbocycles. The van der Waals surface area contributed by atoms with E-state index in [1.165, 1.54) is 7.11 Å². The molecule has 7 heteroatoms. The highest BCUT2D eigenvalue weighted by Crippen LogP contribution is 2.44. The first kappa shape index (κ1) is 19.5. The van der Waals surface area contributed by atoms with E-state index in [2.05, 4.69) is 4.98 Å². The fourth-order valence-corrected chi connectivity index (χ4v) is 4.45. The second kappa shape index (κ2) is 7.87. The minimum Gasteiger partial charge on any atom is -0.507 e. The number of ketones is 1. The Morgan fingerprint density at radius 1 is 1.17 bits per heavy atom. The number of likely N-dealkylation sites (tertiary alicyclic amines) is 1. The minimum absolute atomic E-state index is 0.0318. The molecule has 6 nitrogen and oxygen atoms in total. The van der Waals surface area contributed by atoms with Gasteiger partial charge in [-0.15, -0.1) is 0 Å². The van der Waals surface area contributed by atoms with E-state index in [4.69, 9.17) is 16.3 Å². The van der Waals surface area contributed by atoms with Crippen LogP contribution in [0.5, 0.6) is 5.75 Å². The lowest BCUT2D eigenvalue weighted by molar-refractivity contribution is -0.141. The minimum atomic E-state index is -0.699. The van der Waals surface area contributed by atoms with Gasteiger partial charge in [-0.3, -0.25) is 14.6 Å². The van der Waals surface area contributed by atoms with Gasteiger partial charge in [0.25, 0.3) is 11.7 Å². The van der Waals surface area contributed by atoms with Gasteiger partial charge in [0.1, 0.15) is 11.5 Å². The Morgan fingerprint density at radius 3 is 2.52 bits per heavy atom. The second-order valence-corrected chi connectivity index (χ2v) is 7.68. The number of pyridine rings is 1. The van der Waals surface area contributed by atoms with Crippen LogP contribution < -0.4 is 4.74 Å². The summed E-state index contributed by atoms with van der Waals surface area (Å²) in [5.74, 6) is -1.09. The van der Waals surface area contributed by atoms with E-state index in [0.29, 0.717) is 5.75 Å². The van der Waals surface area contributed by atoms with Gasteiger partial charge in [0, 0.05) is 24.0 Å². The van der Waals surface area contributed by atoms with Gasteiger partial charge >= 0.3 is 0 Å². The quantitative estimate of drug-likeness (QED) is 0.464. The van der Waals surface area contributed by atoms with E-state index in [0.717, 1.165) is 31.2 Å². The molecule has 29 heavy (non-hydrogen) atoms. The number of benzene rings is 1. The smallest absolute Gasteiger partial charge is 0.295 e. The standard InChI is InChI=1S/C22H21ClN2O4/c1-29-15-6-7-17(23)16(12-15)20(26)18-19(13-8-10-24-11-9-13)25(22(28)21(18)27)14-4-2-3-5-14/h6-12,14,19,26H,2-5H2,1H3/b20-18+.